The summed E-state index contributed by atoms with van der Waals surface area (Å²) in [5.41, 5.74) is 1.08. The van der Waals surface area contributed by atoms with Gasteiger partial charge in [0.2, 0.25) is 5.91 Å². The topological polar surface area (TPSA) is 81.8 Å². The number of nitrogens with one attached hydrogen (secondary N) is 1. The molecule has 0 aliphatic carbocycles. The van der Waals surface area contributed by atoms with E-state index in [1.165, 1.54) is 18.0 Å². The lowest BCUT2D eigenvalue weighted by molar-refractivity contribution is -0.121. The molecule has 1 aliphatic rings. The molecule has 4 rings (SSSR count). The Balaban J connectivity index is 1.66. The van der Waals surface area contributed by atoms with Gasteiger partial charge < -0.3 is 5.32 Å². The number of fused-ring (bicyclic) bond motifs is 2. The number of halogens is 1. The van der Waals surface area contributed by atoms with Crippen molar-refractivity contribution in [3.63, 3.8) is 0 Å². The van der Waals surface area contributed by atoms with Crippen LogP contribution in [-0.4, -0.2) is 37.5 Å². The van der Waals surface area contributed by atoms with E-state index in [1.807, 2.05) is 12.1 Å². The highest BCUT2D eigenvalue weighted by molar-refractivity contribution is 7.99. The lowest BCUT2D eigenvalue weighted by atomic mass is 10.2. The third-order valence-corrected chi connectivity index (χ3v) is 6.03. The third-order valence-electron chi connectivity index (χ3n) is 4.70. The van der Waals surface area contributed by atoms with Crippen LogP contribution in [0.1, 0.15) is 32.2 Å². The zero-order chi connectivity index (χ0) is 19.7. The molecule has 2 aromatic heterocycles. The van der Waals surface area contributed by atoms with Gasteiger partial charge in [0, 0.05) is 23.7 Å². The van der Waals surface area contributed by atoms with Crippen LogP contribution in [-0.2, 0) is 4.79 Å². The molecule has 0 bridgehead atoms. The number of benzene rings is 1. The van der Waals surface area contributed by atoms with Crippen LogP contribution in [0.25, 0.3) is 16.7 Å². The van der Waals surface area contributed by atoms with Gasteiger partial charge >= 0.3 is 0 Å². The standard InChI is InChI=1S/C19H20ClN5O2S/c1-2-3-7-21-16(26)9-14-11-28-19-23-17-15(18(27)24(14)19)10-22-25(17)13-6-4-5-12(20)8-13/h4-6,8,10,14H,2-3,7,9,11H2,1H3,(H,21,26). The molecular formula is C19H20ClN5O2S. The van der Waals surface area contributed by atoms with Crippen LogP contribution in [0.15, 0.2) is 40.4 Å². The second-order valence-corrected chi connectivity index (χ2v) is 8.14. The van der Waals surface area contributed by atoms with Crippen LogP contribution < -0.4 is 10.9 Å². The minimum Gasteiger partial charge on any atom is -0.356 e. The number of hydrogen-bond donors (Lipinski definition) is 1. The molecule has 1 N–H and O–H groups in total. The number of amides is 1. The lowest BCUT2D eigenvalue weighted by Gasteiger charge is -2.13. The second kappa shape index (κ2) is 7.97. The van der Waals surface area contributed by atoms with E-state index in [1.54, 1.807) is 21.4 Å². The number of nitrogens with zero attached hydrogens (tertiary/aromatic N) is 4. The molecule has 146 valence electrons. The Morgan fingerprint density at radius 3 is 3.07 bits per heavy atom. The fraction of sp³-hybridized carbons (Fsp3) is 0.368. The van der Waals surface area contributed by atoms with Crippen LogP contribution in [0.5, 0.6) is 0 Å². The Morgan fingerprint density at radius 2 is 2.29 bits per heavy atom. The largest absolute Gasteiger partial charge is 0.356 e. The van der Waals surface area contributed by atoms with Gasteiger partial charge in [0.05, 0.1) is 17.9 Å². The van der Waals surface area contributed by atoms with Crippen molar-refractivity contribution in [1.82, 2.24) is 24.6 Å². The predicted molar refractivity (Wildman–Crippen MR) is 110 cm³/mol. The molecule has 0 radical (unpaired) electrons. The lowest BCUT2D eigenvalue weighted by Crippen LogP contribution is -2.31. The molecule has 1 unspecified atom stereocenters. The van der Waals surface area contributed by atoms with Crippen LogP contribution in [0.3, 0.4) is 0 Å². The minimum atomic E-state index is -0.194. The van der Waals surface area contributed by atoms with Gasteiger partial charge in [-0.2, -0.15) is 5.10 Å². The van der Waals surface area contributed by atoms with E-state index < -0.39 is 0 Å². The van der Waals surface area contributed by atoms with Crippen LogP contribution in [0, 0.1) is 0 Å². The van der Waals surface area contributed by atoms with Gasteiger partial charge in [0.15, 0.2) is 10.8 Å². The Kier molecular flexibility index (Phi) is 5.41. The molecule has 3 heterocycles. The summed E-state index contributed by atoms with van der Waals surface area (Å²) < 4.78 is 3.26. The molecule has 0 saturated carbocycles. The molecule has 1 amide bonds. The van der Waals surface area contributed by atoms with Crippen molar-refractivity contribution in [3.8, 4) is 5.69 Å². The van der Waals surface area contributed by atoms with E-state index in [4.69, 9.17) is 11.6 Å². The highest BCUT2D eigenvalue weighted by atomic mass is 35.5. The summed E-state index contributed by atoms with van der Waals surface area (Å²) >= 11 is 7.57. The summed E-state index contributed by atoms with van der Waals surface area (Å²) in [6.07, 6.45) is 3.78. The maximum atomic E-state index is 13.1. The van der Waals surface area contributed by atoms with Crippen molar-refractivity contribution in [2.24, 2.45) is 0 Å². The van der Waals surface area contributed by atoms with Crippen molar-refractivity contribution in [3.05, 3.63) is 45.8 Å². The smallest absolute Gasteiger partial charge is 0.265 e. The normalized spacial score (nSPS) is 15.7. The highest BCUT2D eigenvalue weighted by Gasteiger charge is 2.29. The summed E-state index contributed by atoms with van der Waals surface area (Å²) in [4.78, 5) is 29.9. The first kappa shape index (κ1) is 19.0. The van der Waals surface area contributed by atoms with Gasteiger partial charge in [0.1, 0.15) is 5.39 Å². The number of hydrogen-bond acceptors (Lipinski definition) is 5. The molecule has 1 aliphatic heterocycles. The van der Waals surface area contributed by atoms with Crippen molar-refractivity contribution in [2.45, 2.75) is 37.4 Å². The molecule has 0 saturated heterocycles. The number of aromatic nitrogens is 4. The first-order valence-corrected chi connectivity index (χ1v) is 10.6. The maximum absolute atomic E-state index is 13.1. The zero-order valence-electron chi connectivity index (χ0n) is 15.4. The minimum absolute atomic E-state index is 0.0338. The number of rotatable bonds is 6. The van der Waals surface area contributed by atoms with Gasteiger partial charge in [0.25, 0.3) is 5.56 Å². The van der Waals surface area contributed by atoms with E-state index in [2.05, 4.69) is 22.3 Å². The van der Waals surface area contributed by atoms with E-state index in [9.17, 15) is 9.59 Å². The Morgan fingerprint density at radius 1 is 1.43 bits per heavy atom. The molecule has 9 heteroatoms. The summed E-state index contributed by atoms with van der Waals surface area (Å²) in [6.45, 7) is 2.75. The Hall–Kier alpha value is -2.32. The first-order valence-electron chi connectivity index (χ1n) is 9.24. The van der Waals surface area contributed by atoms with Crippen LogP contribution >= 0.6 is 23.4 Å². The van der Waals surface area contributed by atoms with E-state index >= 15 is 0 Å². The molecular weight excluding hydrogens is 398 g/mol. The summed E-state index contributed by atoms with van der Waals surface area (Å²) in [5.74, 6) is 0.620. The zero-order valence-corrected chi connectivity index (χ0v) is 17.0. The fourth-order valence-corrected chi connectivity index (χ4v) is 4.58. The van der Waals surface area contributed by atoms with E-state index in [-0.39, 0.29) is 23.9 Å². The van der Waals surface area contributed by atoms with Gasteiger partial charge in [-0.3, -0.25) is 14.2 Å². The van der Waals surface area contributed by atoms with Gasteiger partial charge in [-0.15, -0.1) is 0 Å². The number of carbonyl (C=O) groups is 1. The summed E-state index contributed by atoms with van der Waals surface area (Å²) in [5, 5.41) is 8.89. The van der Waals surface area contributed by atoms with Gasteiger partial charge in [-0.25, -0.2) is 9.67 Å². The summed E-state index contributed by atoms with van der Waals surface area (Å²) in [7, 11) is 0. The number of carbonyl (C=O) groups excluding carboxylic acids is 1. The van der Waals surface area contributed by atoms with Gasteiger partial charge in [-0.05, 0) is 24.6 Å². The maximum Gasteiger partial charge on any atom is 0.265 e. The van der Waals surface area contributed by atoms with E-state index in [0.717, 1.165) is 18.5 Å². The molecule has 1 aromatic carbocycles. The van der Waals surface area contributed by atoms with Gasteiger partial charge in [-0.1, -0.05) is 42.8 Å². The van der Waals surface area contributed by atoms with Crippen LogP contribution in [0.4, 0.5) is 0 Å². The Bertz CT molecular complexity index is 1090. The average Bonchev–Trinajstić information content (AvgIpc) is 3.27. The number of thioether (sulfide) groups is 1. The second-order valence-electron chi connectivity index (χ2n) is 6.72. The monoisotopic (exact) mass is 417 g/mol. The molecule has 3 aromatic rings. The Labute approximate surface area is 171 Å². The SMILES string of the molecule is CCCCNC(=O)CC1CSc2nc3c(cnn3-c3cccc(Cl)c3)c(=O)n21. The first-order chi connectivity index (χ1) is 13.6. The molecule has 1 atom stereocenters. The summed E-state index contributed by atoms with van der Waals surface area (Å²) in [6, 6.07) is 7.05. The molecule has 0 spiro atoms. The molecule has 28 heavy (non-hydrogen) atoms. The van der Waals surface area contributed by atoms with E-state index in [0.29, 0.717) is 33.5 Å². The van der Waals surface area contributed by atoms with Crippen molar-refractivity contribution in [1.29, 1.82) is 0 Å². The average molecular weight is 418 g/mol. The highest BCUT2D eigenvalue weighted by Crippen LogP contribution is 2.33. The van der Waals surface area contributed by atoms with Crippen molar-refractivity contribution >= 4 is 40.3 Å². The predicted octanol–water partition coefficient (Wildman–Crippen LogP) is 3.19. The van der Waals surface area contributed by atoms with Crippen molar-refractivity contribution in [2.75, 3.05) is 12.3 Å². The third kappa shape index (κ3) is 3.54. The molecule has 7 nitrogen and oxygen atoms in total. The number of unbranched alkanes of at least 4 members (excludes halogenated alkanes) is 1. The van der Waals surface area contributed by atoms with Crippen LogP contribution in [0.2, 0.25) is 5.02 Å². The molecule has 0 fully saturated rings. The fourth-order valence-electron chi connectivity index (χ4n) is 3.27. The quantitative estimate of drug-likeness (QED) is 0.492. The van der Waals surface area contributed by atoms with Crippen molar-refractivity contribution < 1.29 is 4.79 Å².